The average molecular weight is 281 g/mol. The first-order valence-corrected chi connectivity index (χ1v) is 7.37. The summed E-state index contributed by atoms with van der Waals surface area (Å²) in [7, 11) is 0. The standard InChI is InChI=1S/C18H19NO2/c1-12-9-10-15(18(20)21)17(11-12)19-16-8-4-6-13-5-2-3-7-14(13)16/h4,6,8-11,19H,2-3,5,7H2,1H3,(H,20,21). The van der Waals surface area contributed by atoms with Gasteiger partial charge in [-0.2, -0.15) is 0 Å². The highest BCUT2D eigenvalue weighted by molar-refractivity contribution is 5.95. The van der Waals surface area contributed by atoms with Crippen molar-refractivity contribution in [1.29, 1.82) is 0 Å². The van der Waals surface area contributed by atoms with E-state index in [0.717, 1.165) is 24.1 Å². The lowest BCUT2D eigenvalue weighted by Crippen LogP contribution is -2.08. The van der Waals surface area contributed by atoms with Crippen molar-refractivity contribution >= 4 is 17.3 Å². The molecule has 0 saturated carbocycles. The number of rotatable bonds is 3. The molecule has 1 aliphatic rings. The summed E-state index contributed by atoms with van der Waals surface area (Å²) in [5, 5.41) is 12.7. The number of benzene rings is 2. The Morgan fingerprint density at radius 2 is 1.90 bits per heavy atom. The molecule has 0 spiro atoms. The predicted molar refractivity (Wildman–Crippen MR) is 84.5 cm³/mol. The van der Waals surface area contributed by atoms with Gasteiger partial charge in [0.1, 0.15) is 0 Å². The second-order valence-corrected chi connectivity index (χ2v) is 5.63. The van der Waals surface area contributed by atoms with E-state index >= 15 is 0 Å². The fourth-order valence-electron chi connectivity index (χ4n) is 2.99. The molecule has 0 aliphatic heterocycles. The lowest BCUT2D eigenvalue weighted by Gasteiger charge is -2.21. The molecule has 0 radical (unpaired) electrons. The van der Waals surface area contributed by atoms with E-state index in [2.05, 4.69) is 11.4 Å². The first-order chi connectivity index (χ1) is 10.1. The number of hydrogen-bond donors (Lipinski definition) is 2. The molecule has 0 saturated heterocycles. The largest absolute Gasteiger partial charge is 0.478 e. The van der Waals surface area contributed by atoms with Crippen LogP contribution >= 0.6 is 0 Å². The summed E-state index contributed by atoms with van der Waals surface area (Å²) in [5.74, 6) is -0.901. The Hall–Kier alpha value is -2.29. The van der Waals surface area contributed by atoms with Crippen LogP contribution in [0.4, 0.5) is 11.4 Å². The molecule has 108 valence electrons. The van der Waals surface area contributed by atoms with E-state index in [4.69, 9.17) is 0 Å². The minimum absolute atomic E-state index is 0.314. The molecule has 0 fully saturated rings. The van der Waals surface area contributed by atoms with Gasteiger partial charge < -0.3 is 10.4 Å². The minimum atomic E-state index is -0.901. The van der Waals surface area contributed by atoms with Gasteiger partial charge in [-0.15, -0.1) is 0 Å². The first-order valence-electron chi connectivity index (χ1n) is 7.37. The molecule has 0 heterocycles. The first kappa shape index (κ1) is 13.7. The third-order valence-electron chi connectivity index (χ3n) is 4.07. The molecule has 1 aliphatic carbocycles. The SMILES string of the molecule is Cc1ccc(C(=O)O)c(Nc2cccc3c2CCCC3)c1. The van der Waals surface area contributed by atoms with E-state index in [1.807, 2.05) is 31.2 Å². The number of anilines is 2. The Bertz CT molecular complexity index is 692. The lowest BCUT2D eigenvalue weighted by molar-refractivity contribution is 0.0698. The smallest absolute Gasteiger partial charge is 0.337 e. The van der Waals surface area contributed by atoms with Crippen LogP contribution < -0.4 is 5.32 Å². The van der Waals surface area contributed by atoms with Crippen LogP contribution in [0.15, 0.2) is 36.4 Å². The van der Waals surface area contributed by atoms with Crippen molar-refractivity contribution in [3.8, 4) is 0 Å². The molecule has 2 aromatic carbocycles. The number of carboxylic acids is 1. The maximum atomic E-state index is 11.4. The van der Waals surface area contributed by atoms with Crippen LogP contribution in [0, 0.1) is 6.92 Å². The maximum absolute atomic E-state index is 11.4. The fourth-order valence-corrected chi connectivity index (χ4v) is 2.99. The van der Waals surface area contributed by atoms with Crippen LogP contribution in [0.5, 0.6) is 0 Å². The lowest BCUT2D eigenvalue weighted by atomic mass is 9.90. The summed E-state index contributed by atoms with van der Waals surface area (Å²) in [6.45, 7) is 1.97. The molecular formula is C18H19NO2. The molecule has 21 heavy (non-hydrogen) atoms. The Morgan fingerprint density at radius 3 is 2.71 bits per heavy atom. The van der Waals surface area contributed by atoms with Gasteiger partial charge in [-0.25, -0.2) is 4.79 Å². The monoisotopic (exact) mass is 281 g/mol. The number of fused-ring (bicyclic) bond motifs is 1. The Balaban J connectivity index is 2.01. The molecule has 2 N–H and O–H groups in total. The van der Waals surface area contributed by atoms with Crippen LogP contribution in [0.3, 0.4) is 0 Å². The number of hydrogen-bond acceptors (Lipinski definition) is 2. The van der Waals surface area contributed by atoms with Gasteiger partial charge in [-0.05, 0) is 67.5 Å². The van der Waals surface area contributed by atoms with Gasteiger partial charge in [0.2, 0.25) is 0 Å². The molecule has 3 nitrogen and oxygen atoms in total. The van der Waals surface area contributed by atoms with E-state index in [1.165, 1.54) is 24.0 Å². The molecular weight excluding hydrogens is 262 g/mol. The molecule has 0 aromatic heterocycles. The molecule has 0 bridgehead atoms. The van der Waals surface area contributed by atoms with Crippen molar-refractivity contribution in [2.75, 3.05) is 5.32 Å². The van der Waals surface area contributed by atoms with Gasteiger partial charge in [0.15, 0.2) is 0 Å². The third-order valence-corrected chi connectivity index (χ3v) is 4.07. The zero-order valence-corrected chi connectivity index (χ0v) is 12.1. The predicted octanol–water partition coefficient (Wildman–Crippen LogP) is 4.32. The maximum Gasteiger partial charge on any atom is 0.337 e. The van der Waals surface area contributed by atoms with Crippen molar-refractivity contribution < 1.29 is 9.90 Å². The highest BCUT2D eigenvalue weighted by atomic mass is 16.4. The molecule has 0 unspecified atom stereocenters. The summed E-state index contributed by atoms with van der Waals surface area (Å²) in [6.07, 6.45) is 4.61. The van der Waals surface area contributed by atoms with Gasteiger partial charge in [0.25, 0.3) is 0 Å². The number of carboxylic acid groups (broad SMARTS) is 1. The zero-order chi connectivity index (χ0) is 14.8. The summed E-state index contributed by atoms with van der Waals surface area (Å²) >= 11 is 0. The topological polar surface area (TPSA) is 49.3 Å². The molecule has 2 aromatic rings. The van der Waals surface area contributed by atoms with Crippen LogP contribution in [-0.2, 0) is 12.8 Å². The second kappa shape index (κ2) is 5.60. The van der Waals surface area contributed by atoms with Crippen molar-refractivity contribution in [2.45, 2.75) is 32.6 Å². The van der Waals surface area contributed by atoms with E-state index in [1.54, 1.807) is 6.07 Å². The number of aromatic carboxylic acids is 1. The van der Waals surface area contributed by atoms with Crippen molar-refractivity contribution in [2.24, 2.45) is 0 Å². The van der Waals surface area contributed by atoms with E-state index in [9.17, 15) is 9.90 Å². The highest BCUT2D eigenvalue weighted by Crippen LogP contribution is 2.31. The molecule has 0 atom stereocenters. The van der Waals surface area contributed by atoms with Gasteiger partial charge >= 0.3 is 5.97 Å². The van der Waals surface area contributed by atoms with Crippen molar-refractivity contribution in [3.05, 3.63) is 58.7 Å². The van der Waals surface area contributed by atoms with Gasteiger partial charge in [0.05, 0.1) is 11.3 Å². The second-order valence-electron chi connectivity index (χ2n) is 5.63. The quantitative estimate of drug-likeness (QED) is 0.881. The number of aryl methyl sites for hydroxylation is 2. The van der Waals surface area contributed by atoms with Crippen LogP contribution in [0.2, 0.25) is 0 Å². The van der Waals surface area contributed by atoms with Gasteiger partial charge in [-0.1, -0.05) is 18.2 Å². The normalized spacial score (nSPS) is 13.6. The van der Waals surface area contributed by atoms with Crippen LogP contribution in [-0.4, -0.2) is 11.1 Å². The summed E-state index contributed by atoms with van der Waals surface area (Å²) in [6, 6.07) is 11.6. The van der Waals surface area contributed by atoms with Crippen molar-refractivity contribution in [3.63, 3.8) is 0 Å². The van der Waals surface area contributed by atoms with Crippen LogP contribution in [0.25, 0.3) is 0 Å². The summed E-state index contributed by atoms with van der Waals surface area (Å²) in [4.78, 5) is 11.4. The van der Waals surface area contributed by atoms with E-state index in [0.29, 0.717) is 11.3 Å². The summed E-state index contributed by atoms with van der Waals surface area (Å²) in [5.41, 5.74) is 5.79. The minimum Gasteiger partial charge on any atom is -0.478 e. The third kappa shape index (κ3) is 2.77. The zero-order valence-electron chi connectivity index (χ0n) is 12.1. The Labute approximate surface area is 124 Å². The molecule has 0 amide bonds. The van der Waals surface area contributed by atoms with Crippen molar-refractivity contribution in [1.82, 2.24) is 0 Å². The molecule has 3 rings (SSSR count). The Morgan fingerprint density at radius 1 is 1.10 bits per heavy atom. The number of carbonyl (C=O) groups is 1. The van der Waals surface area contributed by atoms with E-state index < -0.39 is 5.97 Å². The number of nitrogens with one attached hydrogen (secondary N) is 1. The van der Waals surface area contributed by atoms with Gasteiger partial charge in [-0.3, -0.25) is 0 Å². The average Bonchev–Trinajstić information content (AvgIpc) is 2.47. The molecule has 3 heteroatoms. The van der Waals surface area contributed by atoms with Gasteiger partial charge in [0, 0.05) is 5.69 Å². The Kier molecular flexibility index (Phi) is 3.65. The van der Waals surface area contributed by atoms with Crippen LogP contribution in [0.1, 0.15) is 39.9 Å². The summed E-state index contributed by atoms with van der Waals surface area (Å²) < 4.78 is 0. The fraction of sp³-hybridized carbons (Fsp3) is 0.278. The highest BCUT2D eigenvalue weighted by Gasteiger charge is 2.15. The van der Waals surface area contributed by atoms with E-state index in [-0.39, 0.29) is 0 Å².